The van der Waals surface area contributed by atoms with Crippen LogP contribution in [0.15, 0.2) is 22.7 Å². The van der Waals surface area contributed by atoms with Gasteiger partial charge in [-0.3, -0.25) is 4.79 Å². The van der Waals surface area contributed by atoms with Gasteiger partial charge in [0.2, 0.25) is 0 Å². The van der Waals surface area contributed by atoms with E-state index in [1.54, 1.807) is 12.1 Å². The first-order valence-corrected chi connectivity index (χ1v) is 7.62. The highest BCUT2D eigenvalue weighted by atomic mass is 79.9. The normalized spacial score (nSPS) is 15.3. The average Bonchev–Trinajstić information content (AvgIpc) is 2.47. The van der Waals surface area contributed by atoms with Crippen molar-refractivity contribution in [3.05, 3.63) is 34.1 Å². The fraction of sp³-hybridized carbons (Fsp3) is 0.500. The number of rotatable bonds is 5. The highest BCUT2D eigenvalue weighted by Crippen LogP contribution is 2.16. The second-order valence-electron chi connectivity index (χ2n) is 4.83. The summed E-state index contributed by atoms with van der Waals surface area (Å²) in [6.07, 6.45) is 0.907. The Morgan fingerprint density at radius 1 is 1.38 bits per heavy atom. The highest BCUT2D eigenvalue weighted by Gasteiger charge is 2.10. The topological polar surface area (TPSA) is 44.4 Å². The van der Waals surface area contributed by atoms with Crippen molar-refractivity contribution < 1.29 is 9.18 Å². The van der Waals surface area contributed by atoms with E-state index in [0.717, 1.165) is 39.1 Å². The van der Waals surface area contributed by atoms with E-state index in [2.05, 4.69) is 31.5 Å². The van der Waals surface area contributed by atoms with Gasteiger partial charge in [-0.05, 0) is 47.1 Å². The maximum atomic E-state index is 13.3. The summed E-state index contributed by atoms with van der Waals surface area (Å²) >= 11 is 3.07. The molecule has 1 fully saturated rings. The van der Waals surface area contributed by atoms with Gasteiger partial charge < -0.3 is 15.5 Å². The first-order chi connectivity index (χ1) is 9.66. The van der Waals surface area contributed by atoms with Crippen LogP contribution in [-0.2, 0) is 0 Å². The number of benzene rings is 1. The van der Waals surface area contributed by atoms with Crippen molar-refractivity contribution in [2.45, 2.75) is 6.42 Å². The van der Waals surface area contributed by atoms with E-state index >= 15 is 0 Å². The Morgan fingerprint density at radius 2 is 2.10 bits per heavy atom. The summed E-state index contributed by atoms with van der Waals surface area (Å²) < 4.78 is 13.7. The molecule has 1 aromatic carbocycles. The zero-order valence-electron chi connectivity index (χ0n) is 11.7. The molecular formula is C14H20BrClFN3O. The smallest absolute Gasteiger partial charge is 0.251 e. The number of halogens is 3. The van der Waals surface area contributed by atoms with Crippen molar-refractivity contribution in [3.8, 4) is 0 Å². The number of hydrogen-bond acceptors (Lipinski definition) is 3. The van der Waals surface area contributed by atoms with E-state index in [9.17, 15) is 9.18 Å². The molecule has 0 atom stereocenters. The van der Waals surface area contributed by atoms with E-state index in [-0.39, 0.29) is 18.3 Å². The van der Waals surface area contributed by atoms with Crippen LogP contribution >= 0.6 is 28.3 Å². The van der Waals surface area contributed by atoms with Crippen molar-refractivity contribution >= 4 is 34.2 Å². The molecule has 0 radical (unpaired) electrons. The van der Waals surface area contributed by atoms with Crippen LogP contribution in [0.25, 0.3) is 0 Å². The largest absolute Gasteiger partial charge is 0.352 e. The molecule has 0 spiro atoms. The molecule has 0 unspecified atom stereocenters. The summed E-state index contributed by atoms with van der Waals surface area (Å²) in [6, 6.07) is 4.40. The lowest BCUT2D eigenvalue weighted by molar-refractivity contribution is 0.0951. The van der Waals surface area contributed by atoms with Crippen LogP contribution in [0.2, 0.25) is 0 Å². The number of hydrogen-bond donors (Lipinski definition) is 2. The van der Waals surface area contributed by atoms with Crippen LogP contribution < -0.4 is 10.6 Å². The van der Waals surface area contributed by atoms with Gasteiger partial charge in [-0.2, -0.15) is 0 Å². The minimum atomic E-state index is -0.418. The van der Waals surface area contributed by atoms with Crippen LogP contribution in [-0.4, -0.2) is 50.1 Å². The molecule has 2 N–H and O–H groups in total. The van der Waals surface area contributed by atoms with E-state index in [1.807, 2.05) is 0 Å². The van der Waals surface area contributed by atoms with Gasteiger partial charge in [0.05, 0.1) is 4.47 Å². The number of carbonyl (C=O) groups is 1. The second-order valence-corrected chi connectivity index (χ2v) is 5.68. The van der Waals surface area contributed by atoms with Gasteiger partial charge in [-0.15, -0.1) is 12.4 Å². The molecule has 1 amide bonds. The molecule has 0 aliphatic carbocycles. The lowest BCUT2D eigenvalue weighted by Crippen LogP contribution is -2.44. The lowest BCUT2D eigenvalue weighted by Gasteiger charge is -2.27. The Labute approximate surface area is 139 Å². The van der Waals surface area contributed by atoms with Crippen molar-refractivity contribution in [3.63, 3.8) is 0 Å². The molecular weight excluding hydrogens is 361 g/mol. The Morgan fingerprint density at radius 3 is 2.76 bits per heavy atom. The Balaban J connectivity index is 0.00000220. The molecule has 1 aromatic rings. The maximum Gasteiger partial charge on any atom is 0.251 e. The SMILES string of the molecule is Cl.O=C(NCCCN1CCNCC1)c1ccc(Br)c(F)c1. The molecule has 0 aromatic heterocycles. The van der Waals surface area contributed by atoms with Crippen LogP contribution in [0.1, 0.15) is 16.8 Å². The molecule has 21 heavy (non-hydrogen) atoms. The third-order valence-electron chi connectivity index (χ3n) is 3.33. The van der Waals surface area contributed by atoms with Crippen LogP contribution in [0.4, 0.5) is 4.39 Å². The lowest BCUT2D eigenvalue weighted by atomic mass is 10.2. The number of piperazine rings is 1. The zero-order valence-corrected chi connectivity index (χ0v) is 14.1. The molecule has 4 nitrogen and oxygen atoms in total. The minimum absolute atomic E-state index is 0. The standard InChI is InChI=1S/C14H19BrFN3O.ClH/c15-12-3-2-11(10-13(12)16)14(20)18-4-1-7-19-8-5-17-6-9-19;/h2-3,10,17H,1,4-9H2,(H,18,20);1H. The highest BCUT2D eigenvalue weighted by molar-refractivity contribution is 9.10. The predicted octanol–water partition coefficient (Wildman–Crippen LogP) is 2.04. The van der Waals surface area contributed by atoms with Gasteiger partial charge >= 0.3 is 0 Å². The third-order valence-corrected chi connectivity index (χ3v) is 3.97. The molecule has 2 rings (SSSR count). The van der Waals surface area contributed by atoms with Crippen LogP contribution in [0.5, 0.6) is 0 Å². The van der Waals surface area contributed by atoms with E-state index < -0.39 is 5.82 Å². The van der Waals surface area contributed by atoms with E-state index in [1.165, 1.54) is 6.07 Å². The molecule has 1 heterocycles. The number of amides is 1. The first-order valence-electron chi connectivity index (χ1n) is 6.83. The van der Waals surface area contributed by atoms with Crippen molar-refractivity contribution in [2.24, 2.45) is 0 Å². The third kappa shape index (κ3) is 5.90. The molecule has 7 heteroatoms. The molecule has 1 aliphatic heterocycles. The molecule has 1 saturated heterocycles. The summed E-state index contributed by atoms with van der Waals surface area (Å²) in [5, 5.41) is 6.13. The Hall–Kier alpha value is -0.690. The van der Waals surface area contributed by atoms with Gasteiger partial charge in [0.25, 0.3) is 5.91 Å². The van der Waals surface area contributed by atoms with Gasteiger partial charge in [-0.1, -0.05) is 0 Å². The summed E-state index contributed by atoms with van der Waals surface area (Å²) in [5.74, 6) is -0.643. The van der Waals surface area contributed by atoms with Crippen LogP contribution in [0.3, 0.4) is 0 Å². The summed E-state index contributed by atoms with van der Waals surface area (Å²) in [6.45, 7) is 5.78. The number of nitrogens with one attached hydrogen (secondary N) is 2. The molecule has 1 aliphatic rings. The van der Waals surface area contributed by atoms with Crippen molar-refractivity contribution in [1.29, 1.82) is 0 Å². The van der Waals surface area contributed by atoms with Gasteiger partial charge in [0.15, 0.2) is 0 Å². The van der Waals surface area contributed by atoms with E-state index in [4.69, 9.17) is 0 Å². The summed E-state index contributed by atoms with van der Waals surface area (Å²) in [4.78, 5) is 14.2. The second kappa shape index (κ2) is 9.35. The monoisotopic (exact) mass is 379 g/mol. The Bertz CT molecular complexity index is 470. The minimum Gasteiger partial charge on any atom is -0.352 e. The van der Waals surface area contributed by atoms with Crippen molar-refractivity contribution in [2.75, 3.05) is 39.3 Å². The summed E-state index contributed by atoms with van der Waals surface area (Å²) in [5.41, 5.74) is 0.355. The first kappa shape index (κ1) is 18.4. The maximum absolute atomic E-state index is 13.3. The van der Waals surface area contributed by atoms with E-state index in [0.29, 0.717) is 16.6 Å². The van der Waals surface area contributed by atoms with Crippen molar-refractivity contribution in [1.82, 2.24) is 15.5 Å². The summed E-state index contributed by atoms with van der Waals surface area (Å²) in [7, 11) is 0. The molecule has 118 valence electrons. The molecule has 0 saturated carbocycles. The fourth-order valence-corrected chi connectivity index (χ4v) is 2.43. The Kier molecular flexibility index (Phi) is 8.18. The average molecular weight is 381 g/mol. The number of nitrogens with zero attached hydrogens (tertiary/aromatic N) is 1. The van der Waals surface area contributed by atoms with Gasteiger partial charge in [0.1, 0.15) is 5.82 Å². The van der Waals surface area contributed by atoms with Gasteiger partial charge in [-0.25, -0.2) is 4.39 Å². The van der Waals surface area contributed by atoms with Crippen LogP contribution in [0, 0.1) is 5.82 Å². The predicted molar refractivity (Wildman–Crippen MR) is 87.6 cm³/mol. The molecule has 0 bridgehead atoms. The quantitative estimate of drug-likeness (QED) is 0.768. The van der Waals surface area contributed by atoms with Gasteiger partial charge in [0, 0.05) is 38.3 Å². The number of carbonyl (C=O) groups excluding carboxylic acids is 1. The fourth-order valence-electron chi connectivity index (χ4n) is 2.18. The zero-order chi connectivity index (χ0) is 14.4.